The number of hydrogen-bond donors (Lipinski definition) is 1. The number of ether oxygens (including phenoxy) is 1. The smallest absolute Gasteiger partial charge is 0.163 e. The monoisotopic (exact) mass is 268 g/mol. The fourth-order valence-electron chi connectivity index (χ4n) is 2.50. The summed E-state index contributed by atoms with van der Waals surface area (Å²) in [5, 5.41) is 9.99. The van der Waals surface area contributed by atoms with E-state index in [0.717, 1.165) is 24.0 Å². The van der Waals surface area contributed by atoms with E-state index < -0.39 is 0 Å². The summed E-state index contributed by atoms with van der Waals surface area (Å²) in [4.78, 5) is 11.8. The Morgan fingerprint density at radius 1 is 1.10 bits per heavy atom. The predicted molar refractivity (Wildman–Crippen MR) is 76.1 cm³/mol. The zero-order chi connectivity index (χ0) is 13.9. The lowest BCUT2D eigenvalue weighted by molar-refractivity contribution is 0.0972. The van der Waals surface area contributed by atoms with Gasteiger partial charge in [0.2, 0.25) is 0 Å². The number of benzene rings is 2. The van der Waals surface area contributed by atoms with Gasteiger partial charge in [-0.2, -0.15) is 0 Å². The van der Waals surface area contributed by atoms with Crippen molar-refractivity contribution in [2.45, 2.75) is 25.9 Å². The number of carbonyl (C=O) groups is 1. The van der Waals surface area contributed by atoms with Gasteiger partial charge in [0.05, 0.1) is 0 Å². The maximum atomic E-state index is 11.8. The van der Waals surface area contributed by atoms with Crippen molar-refractivity contribution in [3.63, 3.8) is 0 Å². The average molecular weight is 268 g/mol. The summed E-state index contributed by atoms with van der Waals surface area (Å²) in [5.74, 6) is 0.591. The highest BCUT2D eigenvalue weighted by Crippen LogP contribution is 2.33. The molecule has 0 bridgehead atoms. The van der Waals surface area contributed by atoms with Gasteiger partial charge in [0.25, 0.3) is 0 Å². The Labute approximate surface area is 117 Å². The second-order valence-electron chi connectivity index (χ2n) is 5.03. The van der Waals surface area contributed by atoms with Crippen LogP contribution in [-0.2, 0) is 13.0 Å². The number of fused-ring (bicyclic) bond motifs is 1. The Morgan fingerprint density at radius 3 is 2.70 bits per heavy atom. The van der Waals surface area contributed by atoms with Crippen molar-refractivity contribution in [3.05, 3.63) is 59.2 Å². The minimum atomic E-state index is 0.0370. The molecule has 3 rings (SSSR count). The first-order valence-electron chi connectivity index (χ1n) is 6.80. The molecule has 0 aromatic heterocycles. The molecule has 0 heterocycles. The van der Waals surface area contributed by atoms with E-state index in [1.54, 1.807) is 6.07 Å². The first kappa shape index (κ1) is 12.7. The van der Waals surface area contributed by atoms with Gasteiger partial charge in [-0.05, 0) is 36.1 Å². The molecule has 0 fully saturated rings. The molecule has 1 N–H and O–H groups in total. The first-order valence-corrected chi connectivity index (χ1v) is 6.80. The van der Waals surface area contributed by atoms with E-state index in [-0.39, 0.29) is 11.5 Å². The summed E-state index contributed by atoms with van der Waals surface area (Å²) in [6.07, 6.45) is 2.30. The van der Waals surface area contributed by atoms with Gasteiger partial charge in [-0.15, -0.1) is 0 Å². The predicted octanol–water partition coefficient (Wildman–Crippen LogP) is 3.49. The molecule has 0 unspecified atom stereocenters. The summed E-state index contributed by atoms with van der Waals surface area (Å²) in [7, 11) is 0. The van der Waals surface area contributed by atoms with E-state index in [1.807, 2.05) is 30.3 Å². The number of aromatic hydroxyl groups is 1. The number of aryl methyl sites for hydroxylation is 1. The van der Waals surface area contributed by atoms with Gasteiger partial charge in [0.1, 0.15) is 6.61 Å². The van der Waals surface area contributed by atoms with Crippen LogP contribution in [0.15, 0.2) is 42.5 Å². The Bertz CT molecular complexity index is 632. The molecule has 0 radical (unpaired) electrons. The summed E-state index contributed by atoms with van der Waals surface area (Å²) in [5.41, 5.74) is 2.66. The van der Waals surface area contributed by atoms with Crippen LogP contribution in [0.2, 0.25) is 0 Å². The molecule has 0 atom stereocenters. The molecule has 0 saturated heterocycles. The third kappa shape index (κ3) is 2.52. The van der Waals surface area contributed by atoms with Crippen LogP contribution in [0.4, 0.5) is 0 Å². The zero-order valence-electron chi connectivity index (χ0n) is 11.1. The number of Topliss-reactive ketones (excluding diaryl/α,β-unsaturated/α-hetero) is 1. The van der Waals surface area contributed by atoms with E-state index in [4.69, 9.17) is 4.74 Å². The number of phenols is 1. The summed E-state index contributed by atoms with van der Waals surface area (Å²) in [6.45, 7) is 0.404. The van der Waals surface area contributed by atoms with E-state index in [9.17, 15) is 9.90 Å². The standard InChI is InChI=1S/C17H16O3/c18-15-8-4-7-13-9-17(16(19)10-14(13)15)20-11-12-5-2-1-3-6-12/h1-3,5-6,9-10,19H,4,7-8,11H2. The lowest BCUT2D eigenvalue weighted by atomic mass is 9.90. The minimum absolute atomic E-state index is 0.0370. The summed E-state index contributed by atoms with van der Waals surface area (Å²) < 4.78 is 5.66. The Morgan fingerprint density at radius 2 is 1.90 bits per heavy atom. The topological polar surface area (TPSA) is 46.5 Å². The van der Waals surface area contributed by atoms with Crippen LogP contribution < -0.4 is 4.74 Å². The van der Waals surface area contributed by atoms with Gasteiger partial charge in [-0.25, -0.2) is 0 Å². The molecular formula is C17H16O3. The molecule has 0 amide bonds. The van der Waals surface area contributed by atoms with Crippen LogP contribution in [-0.4, -0.2) is 10.9 Å². The lowest BCUT2D eigenvalue weighted by Crippen LogP contribution is -2.11. The van der Waals surface area contributed by atoms with Gasteiger partial charge >= 0.3 is 0 Å². The quantitative estimate of drug-likeness (QED) is 0.926. The van der Waals surface area contributed by atoms with Gasteiger partial charge in [0, 0.05) is 12.0 Å². The number of ketones is 1. The maximum absolute atomic E-state index is 11.8. The molecule has 0 aliphatic heterocycles. The lowest BCUT2D eigenvalue weighted by Gasteiger charge is -2.17. The van der Waals surface area contributed by atoms with Gasteiger partial charge < -0.3 is 9.84 Å². The highest BCUT2D eigenvalue weighted by Gasteiger charge is 2.20. The van der Waals surface area contributed by atoms with Gasteiger partial charge in [-0.3, -0.25) is 4.79 Å². The molecule has 1 aliphatic carbocycles. The third-order valence-electron chi connectivity index (χ3n) is 3.57. The molecule has 0 spiro atoms. The minimum Gasteiger partial charge on any atom is -0.504 e. The Kier molecular flexibility index (Phi) is 3.42. The molecule has 2 aromatic rings. The molecule has 102 valence electrons. The van der Waals surface area contributed by atoms with Crippen molar-refractivity contribution >= 4 is 5.78 Å². The van der Waals surface area contributed by atoms with E-state index in [2.05, 4.69) is 0 Å². The molecule has 20 heavy (non-hydrogen) atoms. The van der Waals surface area contributed by atoms with Crippen LogP contribution in [0.25, 0.3) is 0 Å². The third-order valence-corrected chi connectivity index (χ3v) is 3.57. The highest BCUT2D eigenvalue weighted by molar-refractivity contribution is 5.99. The number of carbonyl (C=O) groups excluding carboxylic acids is 1. The van der Waals surface area contributed by atoms with Crippen LogP contribution in [0, 0.1) is 0 Å². The van der Waals surface area contributed by atoms with Gasteiger partial charge in [-0.1, -0.05) is 30.3 Å². The van der Waals surface area contributed by atoms with Crippen LogP contribution in [0.1, 0.15) is 34.3 Å². The zero-order valence-corrected chi connectivity index (χ0v) is 11.1. The summed E-state index contributed by atoms with van der Waals surface area (Å²) >= 11 is 0. The highest BCUT2D eigenvalue weighted by atomic mass is 16.5. The fourth-order valence-corrected chi connectivity index (χ4v) is 2.50. The van der Waals surface area contributed by atoms with Crippen molar-refractivity contribution in [1.82, 2.24) is 0 Å². The molecule has 2 aromatic carbocycles. The largest absolute Gasteiger partial charge is 0.504 e. The average Bonchev–Trinajstić information content (AvgIpc) is 2.47. The van der Waals surface area contributed by atoms with Crippen molar-refractivity contribution in [1.29, 1.82) is 0 Å². The van der Waals surface area contributed by atoms with Crippen molar-refractivity contribution < 1.29 is 14.6 Å². The first-order chi connectivity index (χ1) is 9.74. The number of phenolic OH excluding ortho intramolecular Hbond substituents is 1. The maximum Gasteiger partial charge on any atom is 0.163 e. The van der Waals surface area contributed by atoms with Crippen LogP contribution >= 0.6 is 0 Å². The van der Waals surface area contributed by atoms with Crippen molar-refractivity contribution in [2.75, 3.05) is 0 Å². The fraction of sp³-hybridized carbons (Fsp3) is 0.235. The second-order valence-corrected chi connectivity index (χ2v) is 5.03. The van der Waals surface area contributed by atoms with Gasteiger partial charge in [0.15, 0.2) is 17.3 Å². The molecule has 3 nitrogen and oxygen atoms in total. The molecule has 1 aliphatic rings. The van der Waals surface area contributed by atoms with E-state index in [1.165, 1.54) is 6.07 Å². The Hall–Kier alpha value is -2.29. The SMILES string of the molecule is O=C1CCCc2cc(OCc3ccccc3)c(O)cc21. The van der Waals surface area contributed by atoms with Crippen molar-refractivity contribution in [3.8, 4) is 11.5 Å². The van der Waals surface area contributed by atoms with E-state index in [0.29, 0.717) is 24.3 Å². The normalized spacial score (nSPS) is 13.9. The van der Waals surface area contributed by atoms with Crippen LogP contribution in [0.5, 0.6) is 11.5 Å². The summed E-state index contributed by atoms with van der Waals surface area (Å²) in [6, 6.07) is 13.1. The van der Waals surface area contributed by atoms with Crippen molar-refractivity contribution in [2.24, 2.45) is 0 Å². The van der Waals surface area contributed by atoms with Crippen LogP contribution in [0.3, 0.4) is 0 Å². The molecule has 0 saturated carbocycles. The second kappa shape index (κ2) is 5.37. The number of hydrogen-bond acceptors (Lipinski definition) is 3. The Balaban J connectivity index is 1.82. The van der Waals surface area contributed by atoms with E-state index >= 15 is 0 Å². The number of rotatable bonds is 3. The molecular weight excluding hydrogens is 252 g/mol. The molecule has 3 heteroatoms.